The highest BCUT2D eigenvalue weighted by Crippen LogP contribution is 2.32. The van der Waals surface area contributed by atoms with E-state index >= 15 is 0 Å². The van der Waals surface area contributed by atoms with E-state index in [9.17, 15) is 4.79 Å². The Bertz CT molecular complexity index is 907. The van der Waals surface area contributed by atoms with Crippen molar-refractivity contribution >= 4 is 35.8 Å². The van der Waals surface area contributed by atoms with Crippen LogP contribution < -0.4 is 20.1 Å². The molecule has 2 aliphatic heterocycles. The van der Waals surface area contributed by atoms with Gasteiger partial charge in [-0.25, -0.2) is 0 Å². The van der Waals surface area contributed by atoms with E-state index < -0.39 is 0 Å². The molecule has 0 saturated carbocycles. The lowest BCUT2D eigenvalue weighted by molar-refractivity contribution is -0.127. The average Bonchev–Trinajstić information content (AvgIpc) is 3.38. The molecule has 166 valence electrons. The summed E-state index contributed by atoms with van der Waals surface area (Å²) in [6.45, 7) is 3.18. The number of fused-ring (bicyclic) bond motifs is 1. The smallest absolute Gasteiger partial charge is 0.231 e. The van der Waals surface area contributed by atoms with E-state index in [1.165, 1.54) is 5.56 Å². The molecule has 0 bridgehead atoms. The maximum absolute atomic E-state index is 12.4. The van der Waals surface area contributed by atoms with E-state index in [0.717, 1.165) is 42.5 Å². The largest absolute Gasteiger partial charge is 0.454 e. The maximum Gasteiger partial charge on any atom is 0.231 e. The van der Waals surface area contributed by atoms with Gasteiger partial charge in [-0.3, -0.25) is 9.79 Å². The number of likely N-dealkylation sites (tertiary alicyclic amines) is 1. The number of hydrogen-bond acceptors (Lipinski definition) is 4. The molecule has 1 fully saturated rings. The molecule has 1 unspecified atom stereocenters. The first-order chi connectivity index (χ1) is 14.7. The predicted octanol–water partition coefficient (Wildman–Crippen LogP) is 2.79. The minimum Gasteiger partial charge on any atom is -0.454 e. The number of carbonyl (C=O) groups is 1. The molecule has 7 nitrogen and oxygen atoms in total. The van der Waals surface area contributed by atoms with Crippen molar-refractivity contribution in [3.05, 3.63) is 59.7 Å². The normalized spacial score (nSPS) is 17.5. The van der Waals surface area contributed by atoms with Crippen LogP contribution >= 0.6 is 24.0 Å². The summed E-state index contributed by atoms with van der Waals surface area (Å²) in [5, 5.41) is 6.67. The summed E-state index contributed by atoms with van der Waals surface area (Å²) in [7, 11) is 1.75. The van der Waals surface area contributed by atoms with Gasteiger partial charge in [-0.05, 0) is 29.7 Å². The van der Waals surface area contributed by atoms with Gasteiger partial charge in [0.25, 0.3) is 0 Å². The first kappa shape index (κ1) is 23.2. The second-order valence-corrected chi connectivity index (χ2v) is 7.64. The van der Waals surface area contributed by atoms with Gasteiger partial charge in [0.15, 0.2) is 17.5 Å². The first-order valence-electron chi connectivity index (χ1n) is 10.4. The molecular weight excluding hydrogens is 507 g/mol. The topological polar surface area (TPSA) is 75.2 Å². The van der Waals surface area contributed by atoms with Gasteiger partial charge in [0.2, 0.25) is 12.7 Å². The molecule has 0 aromatic heterocycles. The van der Waals surface area contributed by atoms with Gasteiger partial charge in [-0.2, -0.15) is 0 Å². The molecule has 0 spiro atoms. The van der Waals surface area contributed by atoms with Crippen molar-refractivity contribution < 1.29 is 14.3 Å². The molecule has 2 heterocycles. The summed E-state index contributed by atoms with van der Waals surface area (Å²) < 4.78 is 10.8. The minimum atomic E-state index is 0. The molecule has 1 amide bonds. The standard InChI is InChI=1S/C23H28N4O3.HI/c1-24-23(25-13-18-7-8-20-21(11-18)30-16-29-20)26-14-19-12-22(28)27(15-19)10-9-17-5-3-2-4-6-17;/h2-8,11,19H,9-10,12-16H2,1H3,(H2,24,25,26);1H. The average molecular weight is 536 g/mol. The van der Waals surface area contributed by atoms with Crippen molar-refractivity contribution in [2.45, 2.75) is 19.4 Å². The predicted molar refractivity (Wildman–Crippen MR) is 131 cm³/mol. The molecule has 31 heavy (non-hydrogen) atoms. The van der Waals surface area contributed by atoms with Gasteiger partial charge >= 0.3 is 0 Å². The van der Waals surface area contributed by atoms with E-state index in [-0.39, 0.29) is 42.6 Å². The molecule has 2 N–H and O–H groups in total. The quantitative estimate of drug-likeness (QED) is 0.324. The monoisotopic (exact) mass is 536 g/mol. The Balaban J connectivity index is 0.00000272. The zero-order chi connectivity index (χ0) is 20.8. The van der Waals surface area contributed by atoms with Crippen LogP contribution in [0, 0.1) is 5.92 Å². The summed E-state index contributed by atoms with van der Waals surface area (Å²) in [4.78, 5) is 18.6. The van der Waals surface area contributed by atoms with Gasteiger partial charge < -0.3 is 25.0 Å². The van der Waals surface area contributed by atoms with Gasteiger partial charge in [0.05, 0.1) is 0 Å². The fourth-order valence-electron chi connectivity index (χ4n) is 3.81. The third-order valence-electron chi connectivity index (χ3n) is 5.49. The van der Waals surface area contributed by atoms with Crippen molar-refractivity contribution in [3.8, 4) is 11.5 Å². The van der Waals surface area contributed by atoms with Crippen LogP contribution in [-0.4, -0.2) is 50.2 Å². The highest BCUT2D eigenvalue weighted by atomic mass is 127. The lowest BCUT2D eigenvalue weighted by atomic mass is 10.1. The van der Waals surface area contributed by atoms with E-state index in [4.69, 9.17) is 9.47 Å². The Hall–Kier alpha value is -2.49. The van der Waals surface area contributed by atoms with Crippen molar-refractivity contribution in [2.24, 2.45) is 10.9 Å². The number of carbonyl (C=O) groups excluding carboxylic acids is 1. The summed E-state index contributed by atoms with van der Waals surface area (Å²) >= 11 is 0. The van der Waals surface area contributed by atoms with Crippen molar-refractivity contribution in [2.75, 3.05) is 33.5 Å². The third kappa shape index (κ3) is 6.25. The van der Waals surface area contributed by atoms with Gasteiger partial charge in [0, 0.05) is 45.6 Å². The van der Waals surface area contributed by atoms with Gasteiger partial charge in [-0.1, -0.05) is 36.4 Å². The van der Waals surface area contributed by atoms with Crippen LogP contribution in [0.2, 0.25) is 0 Å². The fraction of sp³-hybridized carbons (Fsp3) is 0.391. The zero-order valence-corrected chi connectivity index (χ0v) is 20.0. The molecule has 2 aromatic carbocycles. The third-order valence-corrected chi connectivity index (χ3v) is 5.49. The summed E-state index contributed by atoms with van der Waals surface area (Å²) in [5.74, 6) is 2.81. The number of hydrogen-bond donors (Lipinski definition) is 2. The highest BCUT2D eigenvalue weighted by Gasteiger charge is 2.29. The van der Waals surface area contributed by atoms with Crippen molar-refractivity contribution in [1.82, 2.24) is 15.5 Å². The Labute approximate surface area is 200 Å². The molecule has 1 saturated heterocycles. The van der Waals surface area contributed by atoms with E-state index in [1.807, 2.05) is 41.3 Å². The molecule has 0 aliphatic carbocycles. The number of nitrogens with zero attached hydrogens (tertiary/aromatic N) is 2. The summed E-state index contributed by atoms with van der Waals surface area (Å²) in [5.41, 5.74) is 2.35. The number of halogens is 1. The lowest BCUT2D eigenvalue weighted by Crippen LogP contribution is -2.40. The van der Waals surface area contributed by atoms with Crippen LogP contribution in [0.3, 0.4) is 0 Å². The number of ether oxygens (including phenoxy) is 2. The fourth-order valence-corrected chi connectivity index (χ4v) is 3.81. The number of amides is 1. The van der Waals surface area contributed by atoms with Crippen LogP contribution in [0.15, 0.2) is 53.5 Å². The van der Waals surface area contributed by atoms with E-state index in [0.29, 0.717) is 19.5 Å². The Morgan fingerprint density at radius 1 is 1.10 bits per heavy atom. The van der Waals surface area contributed by atoms with Crippen LogP contribution in [0.1, 0.15) is 17.5 Å². The number of aliphatic imine (C=N–C) groups is 1. The van der Waals surface area contributed by atoms with Crippen LogP contribution in [-0.2, 0) is 17.8 Å². The Morgan fingerprint density at radius 2 is 1.90 bits per heavy atom. The van der Waals surface area contributed by atoms with Crippen LogP contribution in [0.25, 0.3) is 0 Å². The number of guanidine groups is 1. The minimum absolute atomic E-state index is 0. The first-order valence-corrected chi connectivity index (χ1v) is 10.4. The number of benzene rings is 2. The van der Waals surface area contributed by atoms with Gasteiger partial charge in [-0.15, -0.1) is 24.0 Å². The van der Waals surface area contributed by atoms with E-state index in [1.54, 1.807) is 7.05 Å². The number of nitrogens with one attached hydrogen (secondary N) is 2. The van der Waals surface area contributed by atoms with Crippen molar-refractivity contribution in [3.63, 3.8) is 0 Å². The molecular formula is C23H29IN4O3. The Morgan fingerprint density at radius 3 is 2.71 bits per heavy atom. The molecule has 0 radical (unpaired) electrons. The zero-order valence-electron chi connectivity index (χ0n) is 17.7. The van der Waals surface area contributed by atoms with Crippen LogP contribution in [0.5, 0.6) is 11.5 Å². The van der Waals surface area contributed by atoms with E-state index in [2.05, 4.69) is 27.8 Å². The molecule has 2 aliphatic rings. The van der Waals surface area contributed by atoms with Crippen LogP contribution in [0.4, 0.5) is 0 Å². The lowest BCUT2D eigenvalue weighted by Gasteiger charge is -2.18. The SMILES string of the molecule is CN=C(NCc1ccc2c(c1)OCO2)NCC1CC(=O)N(CCc2ccccc2)C1.I. The molecule has 1 atom stereocenters. The molecule has 4 rings (SSSR count). The summed E-state index contributed by atoms with van der Waals surface area (Å²) in [6.07, 6.45) is 1.48. The molecule has 2 aromatic rings. The Kier molecular flexibility index (Phi) is 8.39. The number of rotatable bonds is 7. The maximum atomic E-state index is 12.4. The van der Waals surface area contributed by atoms with Crippen molar-refractivity contribution in [1.29, 1.82) is 0 Å². The van der Waals surface area contributed by atoms with Gasteiger partial charge in [0.1, 0.15) is 0 Å². The highest BCUT2D eigenvalue weighted by molar-refractivity contribution is 14.0. The molecule has 8 heteroatoms. The second-order valence-electron chi connectivity index (χ2n) is 7.64. The summed E-state index contributed by atoms with van der Waals surface area (Å²) in [6, 6.07) is 16.2. The second kappa shape index (κ2) is 11.2.